The average Bonchev–Trinajstić information content (AvgIpc) is 2.76. The van der Waals surface area contributed by atoms with Crippen molar-refractivity contribution < 1.29 is 0 Å². The highest BCUT2D eigenvalue weighted by Crippen LogP contribution is 2.30. The molecule has 1 saturated carbocycles. The van der Waals surface area contributed by atoms with Crippen molar-refractivity contribution in [2.24, 2.45) is 5.92 Å². The summed E-state index contributed by atoms with van der Waals surface area (Å²) in [7, 11) is 0. The van der Waals surface area contributed by atoms with Crippen LogP contribution in [0.3, 0.4) is 0 Å². The van der Waals surface area contributed by atoms with Crippen molar-refractivity contribution in [1.29, 1.82) is 5.26 Å². The molecule has 0 spiro atoms. The second kappa shape index (κ2) is 4.55. The van der Waals surface area contributed by atoms with Crippen LogP contribution in [0.2, 0.25) is 0 Å². The van der Waals surface area contributed by atoms with Crippen LogP contribution in [0.15, 0.2) is 0 Å². The van der Waals surface area contributed by atoms with Crippen LogP contribution in [0.1, 0.15) is 32.6 Å². The molecule has 1 aliphatic carbocycles. The normalized spacial score (nSPS) is 42.6. The summed E-state index contributed by atoms with van der Waals surface area (Å²) < 4.78 is 0. The second-order valence-corrected chi connectivity index (χ2v) is 5.99. The van der Waals surface area contributed by atoms with Gasteiger partial charge in [-0.3, -0.25) is 0 Å². The molecule has 4 unspecified atom stereocenters. The number of rotatable bonds is 2. The molecule has 0 aromatic heterocycles. The van der Waals surface area contributed by atoms with Crippen molar-refractivity contribution in [1.82, 2.24) is 5.32 Å². The van der Waals surface area contributed by atoms with Gasteiger partial charge in [0.15, 0.2) is 0 Å². The summed E-state index contributed by atoms with van der Waals surface area (Å²) in [5.74, 6) is 1.51. The Bertz CT molecular complexity index is 236. The van der Waals surface area contributed by atoms with Crippen LogP contribution in [0.5, 0.6) is 0 Å². The number of nitrogens with zero attached hydrogens (tertiary/aromatic N) is 1. The van der Waals surface area contributed by atoms with Crippen LogP contribution in [0.25, 0.3) is 0 Å². The number of nitrogens with one attached hydrogen (secondary N) is 1. The van der Waals surface area contributed by atoms with Crippen LogP contribution in [0, 0.1) is 17.2 Å². The average molecular weight is 210 g/mol. The summed E-state index contributed by atoms with van der Waals surface area (Å²) in [5, 5.41) is 13.4. The molecule has 0 aromatic rings. The maximum Gasteiger partial charge on any atom is 0.0672 e. The van der Waals surface area contributed by atoms with Crippen molar-refractivity contribution in [2.45, 2.75) is 49.9 Å². The van der Waals surface area contributed by atoms with Crippen molar-refractivity contribution in [3.05, 3.63) is 0 Å². The zero-order valence-corrected chi connectivity index (χ0v) is 9.52. The predicted octanol–water partition coefficient (Wildman–Crippen LogP) is 2.16. The standard InChI is InChI=1S/C11H18N2S/c1-8-5-10(7-14-8)13-11-4-2-3-9(11)6-12/h8-11,13H,2-5,7H2,1H3. The molecule has 2 rings (SSSR count). The molecule has 3 heteroatoms. The number of nitriles is 1. The predicted molar refractivity (Wildman–Crippen MR) is 60.2 cm³/mol. The first kappa shape index (κ1) is 10.3. The highest BCUT2D eigenvalue weighted by atomic mass is 32.2. The van der Waals surface area contributed by atoms with Crippen molar-refractivity contribution in [2.75, 3.05) is 5.75 Å². The van der Waals surface area contributed by atoms with Crippen LogP contribution in [-0.4, -0.2) is 23.1 Å². The third-order valence-electron chi connectivity index (χ3n) is 3.33. The summed E-state index contributed by atoms with van der Waals surface area (Å²) in [6.07, 6.45) is 4.81. The van der Waals surface area contributed by atoms with Gasteiger partial charge >= 0.3 is 0 Å². The molecule has 0 aromatic carbocycles. The Hall–Kier alpha value is -0.200. The van der Waals surface area contributed by atoms with Gasteiger partial charge in [0.05, 0.1) is 12.0 Å². The largest absolute Gasteiger partial charge is 0.309 e. The molecule has 2 nitrogen and oxygen atoms in total. The Kier molecular flexibility index (Phi) is 3.35. The van der Waals surface area contributed by atoms with Crippen molar-refractivity contribution in [3.8, 4) is 6.07 Å². The van der Waals surface area contributed by atoms with E-state index < -0.39 is 0 Å². The molecule has 2 aliphatic rings. The topological polar surface area (TPSA) is 35.8 Å². The lowest BCUT2D eigenvalue weighted by molar-refractivity contribution is 0.408. The van der Waals surface area contributed by atoms with E-state index >= 15 is 0 Å². The van der Waals surface area contributed by atoms with Crippen molar-refractivity contribution in [3.63, 3.8) is 0 Å². The first-order valence-electron chi connectivity index (χ1n) is 5.57. The number of hydrogen-bond donors (Lipinski definition) is 1. The van der Waals surface area contributed by atoms with Gasteiger partial charge in [-0.05, 0) is 19.3 Å². The zero-order valence-electron chi connectivity index (χ0n) is 8.70. The number of thioether (sulfide) groups is 1. The third-order valence-corrected chi connectivity index (χ3v) is 4.69. The lowest BCUT2D eigenvalue weighted by atomic mass is 10.0. The fourth-order valence-electron chi connectivity index (χ4n) is 2.55. The fraction of sp³-hybridized carbons (Fsp3) is 0.909. The van der Waals surface area contributed by atoms with Gasteiger partial charge in [0.1, 0.15) is 0 Å². The third kappa shape index (κ3) is 2.24. The smallest absolute Gasteiger partial charge is 0.0672 e. The van der Waals surface area contributed by atoms with E-state index in [1.807, 2.05) is 0 Å². The Morgan fingerprint density at radius 3 is 2.93 bits per heavy atom. The van der Waals surface area contributed by atoms with Gasteiger partial charge in [-0.25, -0.2) is 0 Å². The Labute approximate surface area is 90.4 Å². The zero-order chi connectivity index (χ0) is 9.97. The SMILES string of the molecule is CC1CC(NC2CCCC2C#N)CS1. The molecule has 4 atom stereocenters. The lowest BCUT2D eigenvalue weighted by Crippen LogP contribution is -2.40. The molecular formula is C11H18N2S. The summed E-state index contributed by atoms with van der Waals surface area (Å²) in [6, 6.07) is 3.57. The van der Waals surface area contributed by atoms with E-state index in [-0.39, 0.29) is 5.92 Å². The molecule has 1 saturated heterocycles. The molecule has 1 aliphatic heterocycles. The van der Waals surface area contributed by atoms with Gasteiger partial charge < -0.3 is 5.32 Å². The summed E-state index contributed by atoms with van der Waals surface area (Å²) >= 11 is 2.05. The minimum Gasteiger partial charge on any atom is -0.309 e. The van der Waals surface area contributed by atoms with Gasteiger partial charge in [0.25, 0.3) is 0 Å². The van der Waals surface area contributed by atoms with Gasteiger partial charge in [-0.15, -0.1) is 0 Å². The van der Waals surface area contributed by atoms with Gasteiger partial charge in [0.2, 0.25) is 0 Å². The minimum absolute atomic E-state index is 0.274. The maximum absolute atomic E-state index is 8.97. The number of hydrogen-bond acceptors (Lipinski definition) is 3. The molecule has 0 bridgehead atoms. The molecule has 14 heavy (non-hydrogen) atoms. The lowest BCUT2D eigenvalue weighted by Gasteiger charge is -2.20. The van der Waals surface area contributed by atoms with Gasteiger partial charge in [-0.1, -0.05) is 13.3 Å². The molecule has 2 fully saturated rings. The van der Waals surface area contributed by atoms with E-state index in [1.165, 1.54) is 25.0 Å². The first-order chi connectivity index (χ1) is 6.79. The fourth-order valence-corrected chi connectivity index (χ4v) is 3.71. The van der Waals surface area contributed by atoms with E-state index in [4.69, 9.17) is 5.26 Å². The van der Waals surface area contributed by atoms with Crippen molar-refractivity contribution >= 4 is 11.8 Å². The Balaban J connectivity index is 1.82. The van der Waals surface area contributed by atoms with Gasteiger partial charge in [-0.2, -0.15) is 17.0 Å². The molecule has 0 amide bonds. The molecule has 0 radical (unpaired) electrons. The van der Waals surface area contributed by atoms with E-state index in [1.54, 1.807) is 0 Å². The molecule has 1 heterocycles. The van der Waals surface area contributed by atoms with Crippen LogP contribution >= 0.6 is 11.8 Å². The summed E-state index contributed by atoms with van der Waals surface area (Å²) in [5.41, 5.74) is 0. The minimum atomic E-state index is 0.274. The monoisotopic (exact) mass is 210 g/mol. The van der Waals surface area contributed by atoms with E-state index in [0.29, 0.717) is 12.1 Å². The highest BCUT2D eigenvalue weighted by Gasteiger charge is 2.31. The Morgan fingerprint density at radius 1 is 1.43 bits per heavy atom. The quantitative estimate of drug-likeness (QED) is 0.758. The maximum atomic E-state index is 8.97. The summed E-state index contributed by atoms with van der Waals surface area (Å²) in [6.45, 7) is 2.29. The second-order valence-electron chi connectivity index (χ2n) is 4.52. The van der Waals surface area contributed by atoms with E-state index in [2.05, 4.69) is 30.1 Å². The highest BCUT2D eigenvalue weighted by molar-refractivity contribution is 8.00. The molecular weight excluding hydrogens is 192 g/mol. The van der Waals surface area contributed by atoms with E-state index in [9.17, 15) is 0 Å². The van der Waals surface area contributed by atoms with Crippen LogP contribution < -0.4 is 5.32 Å². The van der Waals surface area contributed by atoms with Crippen LogP contribution in [0.4, 0.5) is 0 Å². The molecule has 1 N–H and O–H groups in total. The first-order valence-corrected chi connectivity index (χ1v) is 6.61. The van der Waals surface area contributed by atoms with E-state index in [0.717, 1.165) is 11.7 Å². The van der Waals surface area contributed by atoms with Gasteiger partial charge in [0, 0.05) is 23.1 Å². The molecule has 78 valence electrons. The summed E-state index contributed by atoms with van der Waals surface area (Å²) in [4.78, 5) is 0. The Morgan fingerprint density at radius 2 is 2.29 bits per heavy atom. The van der Waals surface area contributed by atoms with Crippen LogP contribution in [-0.2, 0) is 0 Å².